The summed E-state index contributed by atoms with van der Waals surface area (Å²) in [6, 6.07) is 3.55. The van der Waals surface area contributed by atoms with Crippen LogP contribution in [0.5, 0.6) is 0 Å². The number of aromatic nitrogens is 1. The number of carbonyl (C=O) groups excluding carboxylic acids is 1. The van der Waals surface area contributed by atoms with Gasteiger partial charge in [0.05, 0.1) is 6.04 Å². The fourth-order valence-electron chi connectivity index (χ4n) is 1.56. The molecule has 0 aliphatic carbocycles. The second-order valence-electron chi connectivity index (χ2n) is 3.90. The summed E-state index contributed by atoms with van der Waals surface area (Å²) < 4.78 is 1.86. The van der Waals surface area contributed by atoms with E-state index in [1.54, 1.807) is 0 Å². The molecular weight excluding hydrogens is 200 g/mol. The summed E-state index contributed by atoms with van der Waals surface area (Å²) in [5.74, 6) is 2.48. The first-order valence-electron chi connectivity index (χ1n) is 5.49. The SMILES string of the molecule is C#CC(CCC)NC(=O)c1ccc(C)n1C. The lowest BCUT2D eigenvalue weighted by atomic mass is 10.2. The molecule has 1 heterocycles. The van der Waals surface area contributed by atoms with Gasteiger partial charge in [0.25, 0.3) is 5.91 Å². The predicted octanol–water partition coefficient (Wildman–Crippen LogP) is 1.87. The van der Waals surface area contributed by atoms with Crippen LogP contribution in [0.15, 0.2) is 12.1 Å². The third kappa shape index (κ3) is 2.66. The van der Waals surface area contributed by atoms with Crippen LogP contribution in [0.3, 0.4) is 0 Å². The molecule has 1 amide bonds. The van der Waals surface area contributed by atoms with Crippen molar-refractivity contribution in [3.8, 4) is 12.3 Å². The van der Waals surface area contributed by atoms with Crippen molar-refractivity contribution >= 4 is 5.91 Å². The topological polar surface area (TPSA) is 34.0 Å². The quantitative estimate of drug-likeness (QED) is 0.769. The average Bonchev–Trinajstić information content (AvgIpc) is 2.59. The molecule has 0 saturated heterocycles. The molecule has 0 fully saturated rings. The number of carbonyl (C=O) groups is 1. The lowest BCUT2D eigenvalue weighted by Gasteiger charge is -2.12. The molecule has 0 bridgehead atoms. The zero-order valence-corrected chi connectivity index (χ0v) is 10.1. The molecule has 0 radical (unpaired) electrons. The Bertz CT molecular complexity index is 412. The summed E-state index contributed by atoms with van der Waals surface area (Å²) in [6.07, 6.45) is 7.13. The van der Waals surface area contributed by atoms with Crippen LogP contribution in [0, 0.1) is 19.3 Å². The van der Waals surface area contributed by atoms with Gasteiger partial charge in [-0.3, -0.25) is 4.79 Å². The number of terminal acetylenes is 1. The largest absolute Gasteiger partial charge is 0.344 e. The fraction of sp³-hybridized carbons (Fsp3) is 0.462. The second kappa shape index (κ2) is 5.41. The number of aryl methyl sites for hydroxylation is 1. The Morgan fingerprint density at radius 3 is 2.75 bits per heavy atom. The molecule has 0 aliphatic rings. The van der Waals surface area contributed by atoms with Crippen molar-refractivity contribution in [2.75, 3.05) is 0 Å². The smallest absolute Gasteiger partial charge is 0.268 e. The van der Waals surface area contributed by atoms with Gasteiger partial charge in [0.1, 0.15) is 5.69 Å². The van der Waals surface area contributed by atoms with E-state index in [1.165, 1.54) is 0 Å². The van der Waals surface area contributed by atoms with Gasteiger partial charge in [-0.15, -0.1) is 6.42 Å². The minimum Gasteiger partial charge on any atom is -0.344 e. The third-order valence-electron chi connectivity index (χ3n) is 2.69. The number of nitrogens with zero attached hydrogens (tertiary/aromatic N) is 1. The third-order valence-corrected chi connectivity index (χ3v) is 2.69. The highest BCUT2D eigenvalue weighted by Gasteiger charge is 2.13. The van der Waals surface area contributed by atoms with E-state index < -0.39 is 0 Å². The Morgan fingerprint density at radius 1 is 1.62 bits per heavy atom. The van der Waals surface area contributed by atoms with E-state index >= 15 is 0 Å². The van der Waals surface area contributed by atoms with Gasteiger partial charge in [-0.1, -0.05) is 19.3 Å². The van der Waals surface area contributed by atoms with Gasteiger partial charge in [0.2, 0.25) is 0 Å². The monoisotopic (exact) mass is 218 g/mol. The molecule has 16 heavy (non-hydrogen) atoms. The number of amides is 1. The van der Waals surface area contributed by atoms with Gasteiger partial charge in [0, 0.05) is 12.7 Å². The van der Waals surface area contributed by atoms with Crippen molar-refractivity contribution in [3.05, 3.63) is 23.5 Å². The number of hydrogen-bond donors (Lipinski definition) is 1. The molecule has 1 aromatic rings. The fourth-order valence-corrected chi connectivity index (χ4v) is 1.56. The minimum absolute atomic E-state index is 0.105. The minimum atomic E-state index is -0.173. The lowest BCUT2D eigenvalue weighted by Crippen LogP contribution is -2.34. The van der Waals surface area contributed by atoms with Gasteiger partial charge in [0.15, 0.2) is 0 Å². The van der Waals surface area contributed by atoms with Gasteiger partial charge >= 0.3 is 0 Å². The second-order valence-corrected chi connectivity index (χ2v) is 3.90. The molecule has 0 spiro atoms. The van der Waals surface area contributed by atoms with E-state index in [-0.39, 0.29) is 11.9 Å². The van der Waals surface area contributed by atoms with Gasteiger partial charge in [-0.2, -0.15) is 0 Å². The molecule has 0 saturated carbocycles. The number of rotatable bonds is 4. The van der Waals surface area contributed by atoms with Crippen molar-refractivity contribution in [1.29, 1.82) is 0 Å². The first-order valence-corrected chi connectivity index (χ1v) is 5.49. The molecule has 1 unspecified atom stereocenters. The Kier molecular flexibility index (Phi) is 4.19. The summed E-state index contributed by atoms with van der Waals surface area (Å²) in [7, 11) is 1.87. The van der Waals surface area contributed by atoms with Crippen LogP contribution < -0.4 is 5.32 Å². The Morgan fingerprint density at radius 2 is 2.31 bits per heavy atom. The van der Waals surface area contributed by atoms with Crippen LogP contribution in [0.2, 0.25) is 0 Å². The van der Waals surface area contributed by atoms with Crippen molar-refractivity contribution in [1.82, 2.24) is 9.88 Å². The Hall–Kier alpha value is -1.69. The Labute approximate surface area is 96.8 Å². The van der Waals surface area contributed by atoms with Gasteiger partial charge in [-0.05, 0) is 25.5 Å². The zero-order chi connectivity index (χ0) is 12.1. The highest BCUT2D eigenvalue weighted by atomic mass is 16.2. The molecule has 3 heteroatoms. The van der Waals surface area contributed by atoms with E-state index in [4.69, 9.17) is 6.42 Å². The van der Waals surface area contributed by atoms with Gasteiger partial charge in [-0.25, -0.2) is 0 Å². The molecule has 0 aromatic carbocycles. The molecule has 0 aliphatic heterocycles. The van der Waals surface area contributed by atoms with Crippen LogP contribution in [-0.4, -0.2) is 16.5 Å². The maximum absolute atomic E-state index is 11.9. The van der Waals surface area contributed by atoms with Crippen molar-refractivity contribution in [2.24, 2.45) is 7.05 Å². The molecule has 1 aromatic heterocycles. The standard InChI is InChI=1S/C13H18N2O/c1-5-7-11(6-2)14-13(16)12-9-8-10(3)15(12)4/h2,8-9,11H,5,7H2,1,3-4H3,(H,14,16). The lowest BCUT2D eigenvalue weighted by molar-refractivity contribution is 0.0936. The van der Waals surface area contributed by atoms with Crippen LogP contribution in [-0.2, 0) is 7.05 Å². The van der Waals surface area contributed by atoms with Crippen LogP contribution in [0.4, 0.5) is 0 Å². The summed E-state index contributed by atoms with van der Waals surface area (Å²) >= 11 is 0. The predicted molar refractivity (Wildman–Crippen MR) is 65.1 cm³/mol. The van der Waals surface area contributed by atoms with E-state index in [1.807, 2.05) is 37.6 Å². The van der Waals surface area contributed by atoms with Crippen LogP contribution in [0.1, 0.15) is 35.9 Å². The summed E-state index contributed by atoms with van der Waals surface area (Å²) in [6.45, 7) is 4.00. The Balaban J connectivity index is 2.73. The van der Waals surface area contributed by atoms with E-state index in [0.29, 0.717) is 5.69 Å². The van der Waals surface area contributed by atoms with Crippen molar-refractivity contribution in [2.45, 2.75) is 32.7 Å². The molecule has 3 nitrogen and oxygen atoms in total. The van der Waals surface area contributed by atoms with E-state index in [0.717, 1.165) is 18.5 Å². The highest BCUT2D eigenvalue weighted by molar-refractivity contribution is 5.93. The molecule has 86 valence electrons. The average molecular weight is 218 g/mol. The van der Waals surface area contributed by atoms with Crippen LogP contribution >= 0.6 is 0 Å². The number of nitrogens with one attached hydrogen (secondary N) is 1. The van der Waals surface area contributed by atoms with Gasteiger partial charge < -0.3 is 9.88 Å². The number of hydrogen-bond acceptors (Lipinski definition) is 1. The molecular formula is C13H18N2O. The van der Waals surface area contributed by atoms with Crippen molar-refractivity contribution < 1.29 is 4.79 Å². The maximum Gasteiger partial charge on any atom is 0.268 e. The molecule has 1 N–H and O–H groups in total. The first-order chi connectivity index (χ1) is 7.60. The normalized spacial score (nSPS) is 11.9. The van der Waals surface area contributed by atoms with E-state index in [9.17, 15) is 4.79 Å². The highest BCUT2D eigenvalue weighted by Crippen LogP contribution is 2.06. The molecule has 1 atom stereocenters. The maximum atomic E-state index is 11.9. The summed E-state index contributed by atoms with van der Waals surface area (Å²) in [5.41, 5.74) is 1.70. The van der Waals surface area contributed by atoms with Crippen molar-refractivity contribution in [3.63, 3.8) is 0 Å². The summed E-state index contributed by atoms with van der Waals surface area (Å²) in [5, 5.41) is 2.84. The first kappa shape index (κ1) is 12.4. The van der Waals surface area contributed by atoms with E-state index in [2.05, 4.69) is 11.2 Å². The van der Waals surface area contributed by atoms with Crippen LogP contribution in [0.25, 0.3) is 0 Å². The molecule has 1 rings (SSSR count). The summed E-state index contributed by atoms with van der Waals surface area (Å²) in [4.78, 5) is 11.9. The zero-order valence-electron chi connectivity index (χ0n) is 10.1.